The summed E-state index contributed by atoms with van der Waals surface area (Å²) in [5.74, 6) is 0.631. The molecule has 0 aliphatic carbocycles. The van der Waals surface area contributed by atoms with Crippen LogP contribution in [0.4, 0.5) is 0 Å². The van der Waals surface area contributed by atoms with E-state index in [0.29, 0.717) is 5.75 Å². The average molecular weight is 330 g/mol. The predicted molar refractivity (Wildman–Crippen MR) is 79.9 cm³/mol. The van der Waals surface area contributed by atoms with Crippen molar-refractivity contribution in [3.63, 3.8) is 0 Å². The maximum Gasteiger partial charge on any atom is 0.263 e. The minimum Gasteiger partial charge on any atom is -0.496 e. The van der Waals surface area contributed by atoms with Crippen LogP contribution in [-0.4, -0.2) is 36.4 Å². The van der Waals surface area contributed by atoms with Crippen LogP contribution < -0.4 is 4.74 Å². The summed E-state index contributed by atoms with van der Waals surface area (Å²) < 4.78 is 32.9. The lowest BCUT2D eigenvalue weighted by molar-refractivity contribution is 0.397. The van der Waals surface area contributed by atoms with Gasteiger partial charge >= 0.3 is 0 Å². The van der Waals surface area contributed by atoms with Gasteiger partial charge in [-0.05, 0) is 6.07 Å². The van der Waals surface area contributed by atoms with Gasteiger partial charge in [-0.2, -0.15) is 4.31 Å². The van der Waals surface area contributed by atoms with E-state index in [2.05, 4.69) is 4.98 Å². The highest BCUT2D eigenvalue weighted by Crippen LogP contribution is 2.25. The molecule has 2 rings (SSSR count). The SMILES string of the molecule is COc1ccccc1CN(C)S(=O)(=O)c1ncn(C)c1Cl. The van der Waals surface area contributed by atoms with Crippen molar-refractivity contribution in [1.29, 1.82) is 0 Å². The Kier molecular flexibility index (Phi) is 4.55. The number of halogens is 1. The smallest absolute Gasteiger partial charge is 0.263 e. The molecule has 0 unspecified atom stereocenters. The van der Waals surface area contributed by atoms with Gasteiger partial charge < -0.3 is 9.30 Å². The summed E-state index contributed by atoms with van der Waals surface area (Å²) in [6.07, 6.45) is 1.37. The molecule has 1 heterocycles. The fourth-order valence-corrected chi connectivity index (χ4v) is 3.40. The van der Waals surface area contributed by atoms with Gasteiger partial charge in [0.05, 0.1) is 13.4 Å². The number of hydrogen-bond acceptors (Lipinski definition) is 4. The Morgan fingerprint density at radius 1 is 1.38 bits per heavy atom. The van der Waals surface area contributed by atoms with Crippen molar-refractivity contribution < 1.29 is 13.2 Å². The summed E-state index contributed by atoms with van der Waals surface area (Å²) in [6, 6.07) is 7.24. The molecule has 8 heteroatoms. The van der Waals surface area contributed by atoms with Crippen molar-refractivity contribution in [2.45, 2.75) is 11.6 Å². The molecule has 1 aromatic carbocycles. The van der Waals surface area contributed by atoms with E-state index in [-0.39, 0.29) is 16.7 Å². The largest absolute Gasteiger partial charge is 0.496 e. The fourth-order valence-electron chi connectivity index (χ4n) is 1.87. The number of aromatic nitrogens is 2. The molecular weight excluding hydrogens is 314 g/mol. The first-order valence-electron chi connectivity index (χ1n) is 6.13. The molecule has 0 atom stereocenters. The number of imidazole rings is 1. The highest BCUT2D eigenvalue weighted by Gasteiger charge is 2.27. The molecule has 1 aromatic heterocycles. The summed E-state index contributed by atoms with van der Waals surface area (Å²) in [5, 5.41) is -0.0639. The Morgan fingerprint density at radius 3 is 2.62 bits per heavy atom. The fraction of sp³-hybridized carbons (Fsp3) is 0.308. The number of sulfonamides is 1. The van der Waals surface area contributed by atoms with Crippen LogP contribution in [-0.2, 0) is 23.6 Å². The van der Waals surface area contributed by atoms with Gasteiger partial charge in [0.2, 0.25) is 5.03 Å². The van der Waals surface area contributed by atoms with E-state index in [1.54, 1.807) is 20.2 Å². The Labute approximate surface area is 129 Å². The molecule has 0 radical (unpaired) electrons. The van der Waals surface area contributed by atoms with E-state index in [1.807, 2.05) is 18.2 Å². The van der Waals surface area contributed by atoms with Crippen LogP contribution >= 0.6 is 11.6 Å². The van der Waals surface area contributed by atoms with Gasteiger partial charge in [-0.3, -0.25) is 0 Å². The first-order valence-corrected chi connectivity index (χ1v) is 7.94. The molecule has 0 spiro atoms. The maximum absolute atomic E-state index is 12.5. The summed E-state index contributed by atoms with van der Waals surface area (Å²) in [7, 11) is 0.899. The summed E-state index contributed by atoms with van der Waals surface area (Å²) in [5.41, 5.74) is 0.762. The molecule has 0 N–H and O–H groups in total. The molecule has 0 fully saturated rings. The second-order valence-electron chi connectivity index (χ2n) is 4.52. The molecule has 6 nitrogen and oxygen atoms in total. The van der Waals surface area contributed by atoms with Crippen LogP contribution in [0.15, 0.2) is 35.6 Å². The predicted octanol–water partition coefficient (Wildman–Crippen LogP) is 1.90. The third kappa shape index (κ3) is 3.04. The second-order valence-corrected chi connectivity index (χ2v) is 6.84. The number of aryl methyl sites for hydroxylation is 1. The molecular formula is C13H16ClN3O3S. The minimum absolute atomic E-state index is 0.0851. The molecule has 0 amide bonds. The van der Waals surface area contributed by atoms with E-state index in [1.165, 1.54) is 22.2 Å². The normalized spacial score (nSPS) is 11.9. The lowest BCUT2D eigenvalue weighted by Gasteiger charge is -2.17. The molecule has 0 saturated carbocycles. The molecule has 114 valence electrons. The van der Waals surface area contributed by atoms with E-state index in [0.717, 1.165) is 5.56 Å². The monoisotopic (exact) mass is 329 g/mol. The van der Waals surface area contributed by atoms with Crippen LogP contribution in [0.25, 0.3) is 0 Å². The summed E-state index contributed by atoms with van der Waals surface area (Å²) >= 11 is 5.97. The van der Waals surface area contributed by atoms with Gasteiger partial charge in [0, 0.05) is 26.2 Å². The van der Waals surface area contributed by atoms with Crippen molar-refractivity contribution in [2.24, 2.45) is 7.05 Å². The summed E-state index contributed by atoms with van der Waals surface area (Å²) in [4.78, 5) is 3.86. The van der Waals surface area contributed by atoms with Gasteiger partial charge in [0.25, 0.3) is 10.0 Å². The van der Waals surface area contributed by atoms with E-state index in [4.69, 9.17) is 16.3 Å². The zero-order valence-corrected chi connectivity index (χ0v) is 13.5. The van der Waals surface area contributed by atoms with Crippen molar-refractivity contribution in [3.05, 3.63) is 41.3 Å². The Bertz CT molecular complexity index is 743. The number of hydrogen-bond donors (Lipinski definition) is 0. The summed E-state index contributed by atoms with van der Waals surface area (Å²) in [6.45, 7) is 0.166. The van der Waals surface area contributed by atoms with Gasteiger partial charge in [0.1, 0.15) is 10.9 Å². The van der Waals surface area contributed by atoms with Gasteiger partial charge in [-0.1, -0.05) is 29.8 Å². The van der Waals surface area contributed by atoms with Gasteiger partial charge in [-0.25, -0.2) is 13.4 Å². The van der Waals surface area contributed by atoms with Crippen molar-refractivity contribution in [2.75, 3.05) is 14.2 Å². The number of para-hydroxylation sites is 1. The van der Waals surface area contributed by atoms with Crippen LogP contribution in [0.5, 0.6) is 5.75 Å². The van der Waals surface area contributed by atoms with Crippen LogP contribution in [0.2, 0.25) is 5.15 Å². The van der Waals surface area contributed by atoms with E-state index < -0.39 is 10.0 Å². The quantitative estimate of drug-likeness (QED) is 0.840. The zero-order valence-electron chi connectivity index (χ0n) is 11.9. The number of rotatable bonds is 5. The highest BCUT2D eigenvalue weighted by molar-refractivity contribution is 7.89. The Hall–Kier alpha value is -1.57. The molecule has 0 aliphatic rings. The van der Waals surface area contributed by atoms with Crippen molar-refractivity contribution in [1.82, 2.24) is 13.9 Å². The molecule has 0 bridgehead atoms. The number of ether oxygens (including phenoxy) is 1. The van der Waals surface area contributed by atoms with E-state index in [9.17, 15) is 8.42 Å². The van der Waals surface area contributed by atoms with Gasteiger partial charge in [-0.15, -0.1) is 0 Å². The Balaban J connectivity index is 2.31. The number of nitrogens with zero attached hydrogens (tertiary/aromatic N) is 3. The third-order valence-corrected chi connectivity index (χ3v) is 5.37. The third-order valence-electron chi connectivity index (χ3n) is 3.07. The zero-order chi connectivity index (χ0) is 15.6. The second kappa shape index (κ2) is 6.05. The van der Waals surface area contributed by atoms with E-state index >= 15 is 0 Å². The van der Waals surface area contributed by atoms with Gasteiger partial charge in [0.15, 0.2) is 0 Å². The maximum atomic E-state index is 12.5. The standard InChI is InChI=1S/C13H16ClN3O3S/c1-16-9-15-13(12(16)14)21(18,19)17(2)8-10-6-4-5-7-11(10)20-3/h4-7,9H,8H2,1-3H3. The van der Waals surface area contributed by atoms with Crippen LogP contribution in [0, 0.1) is 0 Å². The molecule has 0 saturated heterocycles. The lowest BCUT2D eigenvalue weighted by atomic mass is 10.2. The average Bonchev–Trinajstić information content (AvgIpc) is 2.80. The number of benzene rings is 1. The van der Waals surface area contributed by atoms with Crippen molar-refractivity contribution in [3.8, 4) is 5.75 Å². The first kappa shape index (κ1) is 15.8. The molecule has 21 heavy (non-hydrogen) atoms. The highest BCUT2D eigenvalue weighted by atomic mass is 35.5. The topological polar surface area (TPSA) is 64.4 Å². The minimum atomic E-state index is -3.76. The lowest BCUT2D eigenvalue weighted by Crippen LogP contribution is -2.27. The Morgan fingerprint density at radius 2 is 2.05 bits per heavy atom. The number of methoxy groups -OCH3 is 1. The van der Waals surface area contributed by atoms with Crippen LogP contribution in [0.3, 0.4) is 0 Å². The first-order chi connectivity index (χ1) is 9.87. The molecule has 0 aliphatic heterocycles. The van der Waals surface area contributed by atoms with Crippen LogP contribution in [0.1, 0.15) is 5.56 Å². The molecule has 2 aromatic rings. The van der Waals surface area contributed by atoms with Crippen molar-refractivity contribution >= 4 is 21.6 Å².